The zero-order chi connectivity index (χ0) is 17.4. The average molecular weight is 415 g/mol. The molecule has 0 atom stereocenters. The van der Waals surface area contributed by atoms with E-state index in [9.17, 15) is 9.18 Å². The molecule has 0 amide bonds. The van der Waals surface area contributed by atoms with Crippen LogP contribution in [0.3, 0.4) is 0 Å². The van der Waals surface area contributed by atoms with Crippen molar-refractivity contribution < 1.29 is 4.39 Å². The first kappa shape index (κ1) is 16.2. The van der Waals surface area contributed by atoms with E-state index in [1.807, 2.05) is 35.7 Å². The smallest absolute Gasteiger partial charge is 0.263 e. The van der Waals surface area contributed by atoms with Gasteiger partial charge >= 0.3 is 0 Å². The van der Waals surface area contributed by atoms with Crippen LogP contribution in [0.4, 0.5) is 4.39 Å². The van der Waals surface area contributed by atoms with E-state index in [0.717, 1.165) is 21.5 Å². The molecule has 25 heavy (non-hydrogen) atoms. The Morgan fingerprint density at radius 1 is 1.16 bits per heavy atom. The minimum atomic E-state index is -0.319. The molecule has 2 aromatic heterocycles. The third kappa shape index (κ3) is 3.03. The predicted molar refractivity (Wildman–Crippen MR) is 103 cm³/mol. The third-order valence-corrected chi connectivity index (χ3v) is 5.63. The predicted octanol–water partition coefficient (Wildman–Crippen LogP) is 5.07. The summed E-state index contributed by atoms with van der Waals surface area (Å²) in [4.78, 5) is 18.2. The monoisotopic (exact) mass is 414 g/mol. The standard InChI is InChI=1S/C19H12BrFN2OS/c20-16-8-14(21)7-6-13(16)9-23-11-22-18-17(19(23)24)15(10-25-18)12-4-2-1-3-5-12/h1-8,10-11H,9H2. The Morgan fingerprint density at radius 2 is 1.96 bits per heavy atom. The van der Waals surface area contributed by atoms with Gasteiger partial charge in [0.15, 0.2) is 0 Å². The first-order chi connectivity index (χ1) is 12.1. The van der Waals surface area contributed by atoms with Crippen molar-refractivity contribution in [3.63, 3.8) is 0 Å². The number of nitrogens with zero attached hydrogens (tertiary/aromatic N) is 2. The zero-order valence-electron chi connectivity index (χ0n) is 12.9. The minimum Gasteiger partial charge on any atom is -0.294 e. The van der Waals surface area contributed by atoms with E-state index >= 15 is 0 Å². The van der Waals surface area contributed by atoms with E-state index in [-0.39, 0.29) is 11.4 Å². The number of fused-ring (bicyclic) bond motifs is 1. The minimum absolute atomic E-state index is 0.0960. The van der Waals surface area contributed by atoms with Crippen LogP contribution in [0.2, 0.25) is 0 Å². The number of hydrogen-bond donors (Lipinski definition) is 0. The molecule has 0 unspecified atom stereocenters. The molecule has 3 nitrogen and oxygen atoms in total. The second-order valence-electron chi connectivity index (χ2n) is 5.61. The molecule has 0 aliphatic carbocycles. The summed E-state index contributed by atoms with van der Waals surface area (Å²) >= 11 is 4.81. The number of hydrogen-bond acceptors (Lipinski definition) is 3. The average Bonchev–Trinajstić information content (AvgIpc) is 3.05. The summed E-state index contributed by atoms with van der Waals surface area (Å²) in [6.45, 7) is 0.326. The molecular formula is C19H12BrFN2OS. The molecule has 124 valence electrons. The summed E-state index contributed by atoms with van der Waals surface area (Å²) in [5.41, 5.74) is 2.61. The van der Waals surface area contributed by atoms with Gasteiger partial charge in [-0.25, -0.2) is 9.37 Å². The lowest BCUT2D eigenvalue weighted by Gasteiger charge is -2.08. The van der Waals surface area contributed by atoms with Gasteiger partial charge in [-0.1, -0.05) is 52.3 Å². The van der Waals surface area contributed by atoms with Crippen LogP contribution in [0.1, 0.15) is 5.56 Å². The van der Waals surface area contributed by atoms with E-state index in [2.05, 4.69) is 20.9 Å². The van der Waals surface area contributed by atoms with Crippen LogP contribution in [-0.2, 0) is 6.54 Å². The van der Waals surface area contributed by atoms with Crippen molar-refractivity contribution in [1.29, 1.82) is 0 Å². The van der Waals surface area contributed by atoms with Crippen LogP contribution < -0.4 is 5.56 Å². The van der Waals surface area contributed by atoms with Crippen molar-refractivity contribution in [2.24, 2.45) is 0 Å². The highest BCUT2D eigenvalue weighted by Crippen LogP contribution is 2.30. The van der Waals surface area contributed by atoms with Crippen LogP contribution in [0, 0.1) is 5.82 Å². The van der Waals surface area contributed by atoms with Crippen LogP contribution in [0.15, 0.2) is 69.5 Å². The van der Waals surface area contributed by atoms with Crippen molar-refractivity contribution in [2.45, 2.75) is 6.54 Å². The van der Waals surface area contributed by atoms with Gasteiger partial charge in [0.2, 0.25) is 0 Å². The normalized spacial score (nSPS) is 11.1. The van der Waals surface area contributed by atoms with Crippen LogP contribution in [0.25, 0.3) is 21.3 Å². The van der Waals surface area contributed by atoms with Crippen molar-refractivity contribution >= 4 is 37.5 Å². The number of halogens is 2. The topological polar surface area (TPSA) is 34.9 Å². The third-order valence-electron chi connectivity index (χ3n) is 4.00. The van der Waals surface area contributed by atoms with Gasteiger partial charge in [0.05, 0.1) is 18.3 Å². The van der Waals surface area contributed by atoms with Crippen LogP contribution >= 0.6 is 27.3 Å². The molecule has 0 radical (unpaired) electrons. The van der Waals surface area contributed by atoms with Gasteiger partial charge in [-0.3, -0.25) is 9.36 Å². The largest absolute Gasteiger partial charge is 0.294 e. The Labute approximate surface area is 155 Å². The molecular weight excluding hydrogens is 403 g/mol. The fourth-order valence-electron chi connectivity index (χ4n) is 2.74. The summed E-state index contributed by atoms with van der Waals surface area (Å²) in [5.74, 6) is -0.319. The second-order valence-corrected chi connectivity index (χ2v) is 7.32. The van der Waals surface area contributed by atoms with Gasteiger partial charge < -0.3 is 0 Å². The lowest BCUT2D eigenvalue weighted by atomic mass is 10.1. The van der Waals surface area contributed by atoms with E-state index in [0.29, 0.717) is 16.4 Å². The fourth-order valence-corrected chi connectivity index (χ4v) is 4.13. The van der Waals surface area contributed by atoms with Gasteiger partial charge in [0.25, 0.3) is 5.56 Å². The maximum absolute atomic E-state index is 13.3. The molecule has 0 saturated carbocycles. The highest BCUT2D eigenvalue weighted by molar-refractivity contribution is 9.10. The van der Waals surface area contributed by atoms with Crippen LogP contribution in [-0.4, -0.2) is 9.55 Å². The van der Waals surface area contributed by atoms with E-state index < -0.39 is 0 Å². The number of thiophene rings is 1. The van der Waals surface area contributed by atoms with Gasteiger partial charge in [-0.05, 0) is 23.3 Å². The summed E-state index contributed by atoms with van der Waals surface area (Å²) in [7, 11) is 0. The molecule has 2 aromatic carbocycles. The molecule has 0 saturated heterocycles. The molecule has 0 aliphatic heterocycles. The Kier molecular flexibility index (Phi) is 4.23. The summed E-state index contributed by atoms with van der Waals surface area (Å²) in [6, 6.07) is 14.3. The summed E-state index contributed by atoms with van der Waals surface area (Å²) < 4.78 is 15.5. The van der Waals surface area contributed by atoms with Gasteiger partial charge in [0.1, 0.15) is 10.6 Å². The van der Waals surface area contributed by atoms with E-state index in [1.54, 1.807) is 17.0 Å². The molecule has 0 bridgehead atoms. The van der Waals surface area contributed by atoms with Gasteiger partial charge in [0, 0.05) is 15.4 Å². The lowest BCUT2D eigenvalue weighted by Crippen LogP contribution is -2.21. The zero-order valence-corrected chi connectivity index (χ0v) is 15.3. The summed E-state index contributed by atoms with van der Waals surface area (Å²) in [6.07, 6.45) is 1.55. The summed E-state index contributed by atoms with van der Waals surface area (Å²) in [5, 5.41) is 2.59. The fraction of sp³-hybridized carbons (Fsp3) is 0.0526. The maximum Gasteiger partial charge on any atom is 0.263 e. The highest BCUT2D eigenvalue weighted by atomic mass is 79.9. The highest BCUT2D eigenvalue weighted by Gasteiger charge is 2.14. The molecule has 4 rings (SSSR count). The van der Waals surface area contributed by atoms with Crippen molar-refractivity contribution in [1.82, 2.24) is 9.55 Å². The lowest BCUT2D eigenvalue weighted by molar-refractivity contribution is 0.624. The Bertz CT molecular complexity index is 1120. The van der Waals surface area contributed by atoms with E-state index in [1.165, 1.54) is 23.5 Å². The van der Waals surface area contributed by atoms with E-state index in [4.69, 9.17) is 0 Å². The first-order valence-electron chi connectivity index (χ1n) is 7.59. The van der Waals surface area contributed by atoms with Crippen molar-refractivity contribution in [3.8, 4) is 11.1 Å². The quantitative estimate of drug-likeness (QED) is 0.468. The Morgan fingerprint density at radius 3 is 2.72 bits per heavy atom. The molecule has 0 fully saturated rings. The Hall–Kier alpha value is -2.31. The second kappa shape index (κ2) is 6.54. The molecule has 4 aromatic rings. The molecule has 0 aliphatic rings. The van der Waals surface area contributed by atoms with Crippen LogP contribution in [0.5, 0.6) is 0 Å². The van der Waals surface area contributed by atoms with Gasteiger partial charge in [-0.15, -0.1) is 11.3 Å². The Balaban J connectivity index is 1.84. The first-order valence-corrected chi connectivity index (χ1v) is 9.27. The van der Waals surface area contributed by atoms with Crippen molar-refractivity contribution in [3.05, 3.63) is 86.4 Å². The van der Waals surface area contributed by atoms with Crippen molar-refractivity contribution in [2.75, 3.05) is 0 Å². The molecule has 0 spiro atoms. The van der Waals surface area contributed by atoms with Gasteiger partial charge in [-0.2, -0.15) is 0 Å². The molecule has 6 heteroatoms. The SMILES string of the molecule is O=c1c2c(-c3ccccc3)csc2ncn1Cc1ccc(F)cc1Br. The number of aromatic nitrogens is 2. The molecule has 0 N–H and O–H groups in total. The maximum atomic E-state index is 13.3. The number of rotatable bonds is 3. The number of benzene rings is 2. The molecule has 2 heterocycles.